The molecule has 1 aromatic heterocycles. The molecule has 0 bridgehead atoms. The van der Waals surface area contributed by atoms with Gasteiger partial charge in [0.25, 0.3) is 0 Å². The first-order chi connectivity index (χ1) is 29.2. The van der Waals surface area contributed by atoms with Crippen LogP contribution in [0.4, 0.5) is 35.1 Å². The molecule has 0 amide bonds. The summed E-state index contributed by atoms with van der Waals surface area (Å²) in [5.41, 5.74) is 7.25. The molecule has 0 N–H and O–H groups in total. The number of benzene rings is 4. The van der Waals surface area contributed by atoms with E-state index in [9.17, 15) is 44.7 Å². The summed E-state index contributed by atoms with van der Waals surface area (Å²) in [6.07, 6.45) is 4.31. The molecule has 0 fully saturated rings. The van der Waals surface area contributed by atoms with Crippen molar-refractivity contribution in [2.75, 3.05) is 6.61 Å². The van der Waals surface area contributed by atoms with Crippen molar-refractivity contribution in [2.45, 2.75) is 111 Å². The average Bonchev–Trinajstić information content (AvgIpc) is 3.53. The predicted molar refractivity (Wildman–Crippen MR) is 224 cm³/mol. The minimum Gasteiger partial charge on any atom is -0.486 e. The molecule has 1 atom stereocenters. The number of aryl methyl sites for hydroxylation is 4. The van der Waals surface area contributed by atoms with E-state index in [0.29, 0.717) is 35.4 Å². The number of halogens is 8. The Balaban J connectivity index is 1.57. The number of unbranched alkanes of at least 4 members (excludes halogenated alkanes) is 1. The number of carbonyl (C=O) groups excluding carboxylic acids is 2. The second-order valence-electron chi connectivity index (χ2n) is 16.0. The van der Waals surface area contributed by atoms with Gasteiger partial charge < -0.3 is 14.1 Å². The van der Waals surface area contributed by atoms with E-state index < -0.39 is 42.5 Å². The van der Waals surface area contributed by atoms with Crippen molar-refractivity contribution in [2.24, 2.45) is 11.1 Å². The maximum Gasteiger partial charge on any atom is 0.381 e. The van der Waals surface area contributed by atoms with Crippen LogP contribution in [0.5, 0.6) is 5.75 Å². The van der Waals surface area contributed by atoms with Gasteiger partial charge in [0.15, 0.2) is 12.4 Å². The second kappa shape index (κ2) is 18.1. The molecule has 14 heteroatoms. The van der Waals surface area contributed by atoms with E-state index >= 15 is 0 Å². The number of rotatable bonds is 17. The van der Waals surface area contributed by atoms with Gasteiger partial charge in [-0.1, -0.05) is 86.3 Å². The van der Waals surface area contributed by atoms with Gasteiger partial charge in [-0.3, -0.25) is 4.79 Å². The highest BCUT2D eigenvalue weighted by atomic mass is 19.4. The Kier molecular flexibility index (Phi) is 13.4. The number of hydrogen-bond donors (Lipinski definition) is 0. The van der Waals surface area contributed by atoms with E-state index in [1.165, 1.54) is 18.2 Å². The Morgan fingerprint density at radius 3 is 2.23 bits per heavy atom. The van der Waals surface area contributed by atoms with Crippen molar-refractivity contribution >= 4 is 45.3 Å². The van der Waals surface area contributed by atoms with Gasteiger partial charge in [-0.15, -0.1) is 0 Å². The molecule has 5 aromatic rings. The Bertz CT molecular complexity index is 2550. The number of oxime groups is 1. The average molecular weight is 869 g/mol. The number of fused-ring (bicyclic) bond motifs is 5. The van der Waals surface area contributed by atoms with E-state index in [0.717, 1.165) is 89.3 Å². The van der Waals surface area contributed by atoms with E-state index in [1.807, 2.05) is 51.1 Å². The molecule has 6 nitrogen and oxygen atoms in total. The number of hydrogen-bond acceptors (Lipinski definition) is 5. The number of aromatic nitrogens is 1. The van der Waals surface area contributed by atoms with E-state index in [2.05, 4.69) is 29.6 Å². The molecule has 0 aliphatic heterocycles. The van der Waals surface area contributed by atoms with Gasteiger partial charge in [-0.25, -0.2) is 13.6 Å². The maximum absolute atomic E-state index is 14.7. The third-order valence-electron chi connectivity index (χ3n) is 11.5. The van der Waals surface area contributed by atoms with Crippen LogP contribution in [0, 0.1) is 26.7 Å². The highest BCUT2D eigenvalue weighted by molar-refractivity contribution is 6.21. The molecule has 0 radical (unpaired) electrons. The molecule has 1 unspecified atom stereocenters. The Labute approximate surface area is 354 Å². The van der Waals surface area contributed by atoms with Crippen LogP contribution in [-0.2, 0) is 22.6 Å². The summed E-state index contributed by atoms with van der Waals surface area (Å²) in [6, 6.07) is 16.1. The van der Waals surface area contributed by atoms with E-state index in [1.54, 1.807) is 12.1 Å². The number of ketones is 1. The molecule has 1 heterocycles. The minimum atomic E-state index is -6.49. The third kappa shape index (κ3) is 8.61. The minimum absolute atomic E-state index is 0.145. The molecule has 330 valence electrons. The number of ether oxygens (including phenoxy) is 1. The molecular weight excluding hydrogens is 821 g/mol. The molecule has 6 rings (SSSR count). The number of allylic oxidation sites excluding steroid dienone is 1. The standard InChI is InChI=1S/C48H48F8N2O4/c1-7-9-14-31(8-2)25-58-39-20-19-32(42(57-62-30(6)59)35-17-12-13-18-40(35)61-26-46(51,52)48(55,56)47(53,54)45(49)50)23-36(39)37-24-38(33-15-10-11-16-34(33)43(37)58)44(60)41-28(4)21-27(3)22-29(41)5/h10,12-13,15,17-24,31,45H,7-9,11,14,16,25-26H2,1-6H3/b57-42-. The largest absolute Gasteiger partial charge is 0.486 e. The number of alkyl halides is 8. The molecule has 4 aromatic carbocycles. The molecule has 62 heavy (non-hydrogen) atoms. The summed E-state index contributed by atoms with van der Waals surface area (Å²) in [5.74, 6) is -19.9. The normalized spacial score (nSPS) is 14.1. The quantitative estimate of drug-likeness (QED) is 0.0307. The van der Waals surface area contributed by atoms with Gasteiger partial charge in [-0.05, 0) is 98.5 Å². The van der Waals surface area contributed by atoms with Crippen molar-refractivity contribution < 1.29 is 54.3 Å². The fourth-order valence-corrected chi connectivity index (χ4v) is 8.41. The smallest absolute Gasteiger partial charge is 0.381 e. The van der Waals surface area contributed by atoms with Crippen molar-refractivity contribution in [1.82, 2.24) is 4.57 Å². The van der Waals surface area contributed by atoms with Crippen LogP contribution in [0.15, 0.2) is 71.9 Å². The van der Waals surface area contributed by atoms with Gasteiger partial charge in [0, 0.05) is 52.0 Å². The fourth-order valence-electron chi connectivity index (χ4n) is 8.41. The molecule has 0 spiro atoms. The summed E-state index contributed by atoms with van der Waals surface area (Å²) in [6.45, 7) is 9.36. The Hall–Kier alpha value is -5.53. The second-order valence-corrected chi connectivity index (χ2v) is 16.0. The highest BCUT2D eigenvalue weighted by Gasteiger charge is 2.75. The summed E-state index contributed by atoms with van der Waals surface area (Å²) in [4.78, 5) is 31.9. The fraction of sp³-hybridized carbons (Fsp3) is 0.396. The van der Waals surface area contributed by atoms with Crippen LogP contribution < -0.4 is 4.74 Å². The topological polar surface area (TPSA) is 69.9 Å². The lowest BCUT2D eigenvalue weighted by Gasteiger charge is -2.32. The lowest BCUT2D eigenvalue weighted by atomic mass is 9.85. The zero-order valence-electron chi connectivity index (χ0n) is 35.3. The summed E-state index contributed by atoms with van der Waals surface area (Å²) in [7, 11) is 0. The maximum atomic E-state index is 14.7. The molecule has 0 saturated heterocycles. The van der Waals surface area contributed by atoms with Crippen LogP contribution >= 0.6 is 0 Å². The summed E-state index contributed by atoms with van der Waals surface area (Å²) in [5, 5.41) is 5.42. The summed E-state index contributed by atoms with van der Waals surface area (Å²) >= 11 is 0. The van der Waals surface area contributed by atoms with Crippen LogP contribution in [0.1, 0.15) is 108 Å². The van der Waals surface area contributed by atoms with Crippen molar-refractivity contribution in [3.8, 4) is 5.75 Å². The lowest BCUT2D eigenvalue weighted by molar-refractivity contribution is -0.342. The predicted octanol–water partition coefficient (Wildman–Crippen LogP) is 13.0. The van der Waals surface area contributed by atoms with Gasteiger partial charge in [0.1, 0.15) is 11.5 Å². The zero-order valence-corrected chi connectivity index (χ0v) is 35.3. The van der Waals surface area contributed by atoms with Gasteiger partial charge in [0.05, 0.1) is 5.52 Å². The van der Waals surface area contributed by atoms with Crippen LogP contribution in [-0.4, -0.2) is 52.8 Å². The van der Waals surface area contributed by atoms with Gasteiger partial charge in [0.2, 0.25) is 0 Å². The van der Waals surface area contributed by atoms with Crippen LogP contribution in [0.3, 0.4) is 0 Å². The monoisotopic (exact) mass is 868 g/mol. The number of para-hydroxylation sites is 1. The van der Waals surface area contributed by atoms with Crippen molar-refractivity contribution in [1.29, 1.82) is 0 Å². The van der Waals surface area contributed by atoms with Crippen molar-refractivity contribution in [3.05, 3.63) is 117 Å². The molecule has 1 aliphatic carbocycles. The third-order valence-corrected chi connectivity index (χ3v) is 11.5. The lowest BCUT2D eigenvalue weighted by Crippen LogP contribution is -2.59. The SMILES string of the molecule is CCCCC(CC)Cn1c2ccc(/C(=N/OC(C)=O)c3ccccc3OCC(F)(F)C(F)(F)C(F)(F)C(F)F)cc2c2cc(C(=O)c3c(C)cc(C)cc3C)c3c(c21)CCC=C3. The Morgan fingerprint density at radius 1 is 0.887 bits per heavy atom. The summed E-state index contributed by atoms with van der Waals surface area (Å²) < 4.78 is 118. The van der Waals surface area contributed by atoms with E-state index in [4.69, 9.17) is 9.57 Å². The van der Waals surface area contributed by atoms with Gasteiger partial charge >= 0.3 is 30.2 Å². The first-order valence-electron chi connectivity index (χ1n) is 20.6. The van der Waals surface area contributed by atoms with Crippen LogP contribution in [0.2, 0.25) is 0 Å². The number of carbonyl (C=O) groups is 2. The number of nitrogens with zero attached hydrogens (tertiary/aromatic N) is 2. The highest BCUT2D eigenvalue weighted by Crippen LogP contribution is 2.49. The molecular formula is C48H48F8N2O4. The van der Waals surface area contributed by atoms with Gasteiger partial charge in [-0.2, -0.15) is 26.3 Å². The molecule has 1 aliphatic rings. The van der Waals surface area contributed by atoms with Crippen LogP contribution in [0.25, 0.3) is 27.9 Å². The molecule has 0 saturated carbocycles. The van der Waals surface area contributed by atoms with Crippen molar-refractivity contribution in [3.63, 3.8) is 0 Å². The zero-order chi connectivity index (χ0) is 45.3. The first-order valence-corrected chi connectivity index (χ1v) is 20.6. The first kappa shape index (κ1) is 46.0. The van der Waals surface area contributed by atoms with E-state index in [-0.39, 0.29) is 22.6 Å². The Morgan fingerprint density at radius 2 is 1.58 bits per heavy atom.